The zero-order valence-electron chi connectivity index (χ0n) is 11.7. The lowest BCUT2D eigenvalue weighted by atomic mass is 9.76. The minimum atomic E-state index is 0.596. The number of alkyl halides is 1. The molecule has 2 aromatic rings. The first-order chi connectivity index (χ1) is 9.74. The highest BCUT2D eigenvalue weighted by Crippen LogP contribution is 2.40. The number of aromatic nitrogens is 3. The summed E-state index contributed by atoms with van der Waals surface area (Å²) in [4.78, 5) is 4.97. The molecule has 1 aliphatic rings. The molecule has 20 heavy (non-hydrogen) atoms. The van der Waals surface area contributed by atoms with Crippen molar-refractivity contribution in [3.05, 3.63) is 48.0 Å². The largest absolute Gasteiger partial charge is 0.253 e. The topological polar surface area (TPSA) is 30.7 Å². The lowest BCUT2D eigenvalue weighted by Gasteiger charge is -2.33. The second kappa shape index (κ2) is 6.08. The summed E-state index contributed by atoms with van der Waals surface area (Å²) in [5.74, 6) is 2.41. The molecule has 0 aliphatic heterocycles. The van der Waals surface area contributed by atoms with Crippen LogP contribution in [0.1, 0.15) is 36.6 Å². The Labute approximate surface area is 128 Å². The van der Waals surface area contributed by atoms with Crippen molar-refractivity contribution >= 4 is 15.9 Å². The van der Waals surface area contributed by atoms with Gasteiger partial charge in [0.1, 0.15) is 12.2 Å². The monoisotopic (exact) mass is 333 g/mol. The third-order valence-corrected chi connectivity index (χ3v) is 5.62. The molecule has 1 fully saturated rings. The van der Waals surface area contributed by atoms with Crippen LogP contribution in [-0.2, 0) is 13.5 Å². The van der Waals surface area contributed by atoms with Gasteiger partial charge in [0.25, 0.3) is 0 Å². The van der Waals surface area contributed by atoms with E-state index in [9.17, 15) is 0 Å². The van der Waals surface area contributed by atoms with Crippen LogP contribution in [0.3, 0.4) is 0 Å². The molecule has 1 aromatic carbocycles. The number of aryl methyl sites for hydroxylation is 1. The van der Waals surface area contributed by atoms with Gasteiger partial charge in [-0.15, -0.1) is 0 Å². The standard InChI is InChI=1S/C16H20BrN3/c1-20-16(18-11-19-20)10-14-9-13(7-8-15(14)17)12-5-3-2-4-6-12/h2-6,11,13-15H,7-10H2,1H3. The molecule has 0 bridgehead atoms. The normalized spacial score (nSPS) is 26.6. The van der Waals surface area contributed by atoms with Crippen LogP contribution in [0.25, 0.3) is 0 Å². The van der Waals surface area contributed by atoms with Gasteiger partial charge in [0.2, 0.25) is 0 Å². The minimum Gasteiger partial charge on any atom is -0.253 e. The third kappa shape index (κ3) is 2.95. The summed E-state index contributed by atoms with van der Waals surface area (Å²) in [6.07, 6.45) is 6.40. The Bertz CT molecular complexity index is 552. The molecule has 0 amide bonds. The van der Waals surface area contributed by atoms with Crippen molar-refractivity contribution in [1.82, 2.24) is 14.8 Å². The Morgan fingerprint density at radius 2 is 2.05 bits per heavy atom. The predicted molar refractivity (Wildman–Crippen MR) is 83.9 cm³/mol. The molecule has 1 aromatic heterocycles. The van der Waals surface area contributed by atoms with E-state index in [1.54, 1.807) is 6.33 Å². The van der Waals surface area contributed by atoms with Gasteiger partial charge in [-0.05, 0) is 36.7 Å². The van der Waals surface area contributed by atoms with Crippen molar-refractivity contribution in [2.75, 3.05) is 0 Å². The highest BCUT2D eigenvalue weighted by Gasteiger charge is 2.30. The zero-order valence-corrected chi connectivity index (χ0v) is 13.3. The lowest BCUT2D eigenvalue weighted by molar-refractivity contribution is 0.328. The van der Waals surface area contributed by atoms with Crippen molar-refractivity contribution in [2.45, 2.75) is 36.4 Å². The summed E-state index contributed by atoms with van der Waals surface area (Å²) >= 11 is 3.87. The molecule has 0 saturated heterocycles. The first-order valence-electron chi connectivity index (χ1n) is 7.26. The van der Waals surface area contributed by atoms with Crippen molar-refractivity contribution < 1.29 is 0 Å². The SMILES string of the molecule is Cn1ncnc1CC1CC(c2ccccc2)CCC1Br. The van der Waals surface area contributed by atoms with E-state index in [2.05, 4.69) is 56.3 Å². The van der Waals surface area contributed by atoms with Crippen LogP contribution < -0.4 is 0 Å². The molecule has 0 N–H and O–H groups in total. The van der Waals surface area contributed by atoms with Crippen LogP contribution >= 0.6 is 15.9 Å². The second-order valence-corrected chi connectivity index (χ2v) is 6.88. The molecule has 1 saturated carbocycles. The fourth-order valence-electron chi connectivity index (χ4n) is 3.21. The van der Waals surface area contributed by atoms with Crippen LogP contribution in [0.4, 0.5) is 0 Å². The zero-order chi connectivity index (χ0) is 13.9. The molecule has 1 aliphatic carbocycles. The molecule has 4 heteroatoms. The van der Waals surface area contributed by atoms with Crippen molar-refractivity contribution in [1.29, 1.82) is 0 Å². The van der Waals surface area contributed by atoms with Gasteiger partial charge in [-0.3, -0.25) is 4.68 Å². The molecule has 3 atom stereocenters. The number of hydrogen-bond donors (Lipinski definition) is 0. The molecule has 0 radical (unpaired) electrons. The van der Waals surface area contributed by atoms with Crippen molar-refractivity contribution in [2.24, 2.45) is 13.0 Å². The Hall–Kier alpha value is -1.16. The molecule has 3 unspecified atom stereocenters. The van der Waals surface area contributed by atoms with E-state index in [0.29, 0.717) is 16.7 Å². The lowest BCUT2D eigenvalue weighted by Crippen LogP contribution is -2.27. The molecule has 0 spiro atoms. The maximum absolute atomic E-state index is 4.37. The molecular formula is C16H20BrN3. The van der Waals surface area contributed by atoms with Gasteiger partial charge in [-0.1, -0.05) is 46.3 Å². The van der Waals surface area contributed by atoms with E-state index in [1.165, 1.54) is 24.8 Å². The van der Waals surface area contributed by atoms with E-state index < -0.39 is 0 Å². The van der Waals surface area contributed by atoms with Gasteiger partial charge in [-0.25, -0.2) is 4.98 Å². The Morgan fingerprint density at radius 3 is 2.75 bits per heavy atom. The Balaban J connectivity index is 1.72. The van der Waals surface area contributed by atoms with Gasteiger partial charge in [0.15, 0.2) is 0 Å². The van der Waals surface area contributed by atoms with E-state index in [0.717, 1.165) is 12.2 Å². The highest BCUT2D eigenvalue weighted by atomic mass is 79.9. The molecular weight excluding hydrogens is 314 g/mol. The maximum Gasteiger partial charge on any atom is 0.138 e. The number of nitrogens with zero attached hydrogens (tertiary/aromatic N) is 3. The Morgan fingerprint density at radius 1 is 1.25 bits per heavy atom. The molecule has 3 nitrogen and oxygen atoms in total. The van der Waals surface area contributed by atoms with E-state index in [1.807, 2.05) is 11.7 Å². The van der Waals surface area contributed by atoms with Crippen LogP contribution in [-0.4, -0.2) is 19.6 Å². The predicted octanol–water partition coefficient (Wildman–Crippen LogP) is 3.71. The van der Waals surface area contributed by atoms with E-state index >= 15 is 0 Å². The summed E-state index contributed by atoms with van der Waals surface area (Å²) in [5, 5.41) is 4.17. The van der Waals surface area contributed by atoms with Crippen LogP contribution in [0, 0.1) is 5.92 Å². The van der Waals surface area contributed by atoms with Crippen LogP contribution in [0.5, 0.6) is 0 Å². The summed E-state index contributed by atoms with van der Waals surface area (Å²) in [6.45, 7) is 0. The first-order valence-corrected chi connectivity index (χ1v) is 8.17. The maximum atomic E-state index is 4.37. The highest BCUT2D eigenvalue weighted by molar-refractivity contribution is 9.09. The van der Waals surface area contributed by atoms with E-state index in [-0.39, 0.29) is 0 Å². The van der Waals surface area contributed by atoms with Crippen LogP contribution in [0.15, 0.2) is 36.7 Å². The average Bonchev–Trinajstić information content (AvgIpc) is 2.88. The van der Waals surface area contributed by atoms with Crippen molar-refractivity contribution in [3.63, 3.8) is 0 Å². The number of benzene rings is 1. The van der Waals surface area contributed by atoms with Gasteiger partial charge < -0.3 is 0 Å². The van der Waals surface area contributed by atoms with Gasteiger partial charge in [0.05, 0.1) is 0 Å². The number of hydrogen-bond acceptors (Lipinski definition) is 2. The summed E-state index contributed by atoms with van der Waals surface area (Å²) < 4.78 is 1.89. The smallest absolute Gasteiger partial charge is 0.138 e. The first kappa shape index (κ1) is 13.8. The summed E-state index contributed by atoms with van der Waals surface area (Å²) in [7, 11) is 1.98. The quantitative estimate of drug-likeness (QED) is 0.801. The fourth-order valence-corrected chi connectivity index (χ4v) is 3.87. The second-order valence-electron chi connectivity index (χ2n) is 5.70. The minimum absolute atomic E-state index is 0.596. The van der Waals surface area contributed by atoms with Crippen LogP contribution in [0.2, 0.25) is 0 Å². The average molecular weight is 334 g/mol. The molecule has 3 rings (SSSR count). The molecule has 1 heterocycles. The fraction of sp³-hybridized carbons (Fsp3) is 0.500. The summed E-state index contributed by atoms with van der Waals surface area (Å²) in [5.41, 5.74) is 1.48. The van der Waals surface area contributed by atoms with Gasteiger partial charge >= 0.3 is 0 Å². The Kier molecular flexibility index (Phi) is 4.20. The van der Waals surface area contributed by atoms with Crippen molar-refractivity contribution in [3.8, 4) is 0 Å². The molecule has 106 valence electrons. The summed E-state index contributed by atoms with van der Waals surface area (Å²) in [6, 6.07) is 10.9. The number of rotatable bonds is 3. The van der Waals surface area contributed by atoms with Gasteiger partial charge in [0, 0.05) is 18.3 Å². The van der Waals surface area contributed by atoms with E-state index in [4.69, 9.17) is 0 Å². The third-order valence-electron chi connectivity index (χ3n) is 4.41. The van der Waals surface area contributed by atoms with Gasteiger partial charge in [-0.2, -0.15) is 5.10 Å². The number of halogens is 1.